The molecule has 2 aromatic heterocycles. The number of nitrogens with one attached hydrogen (secondary N) is 1. The molecule has 0 aliphatic carbocycles. The first-order chi connectivity index (χ1) is 10.0. The van der Waals surface area contributed by atoms with Crippen LogP contribution in [0, 0.1) is 13.8 Å². The molecule has 0 saturated heterocycles. The summed E-state index contributed by atoms with van der Waals surface area (Å²) in [7, 11) is 0. The summed E-state index contributed by atoms with van der Waals surface area (Å²) in [5, 5.41) is 6.59. The van der Waals surface area contributed by atoms with E-state index in [0.29, 0.717) is 12.3 Å². The fourth-order valence-electron chi connectivity index (χ4n) is 2.41. The van der Waals surface area contributed by atoms with Crippen LogP contribution in [0.4, 0.5) is 5.82 Å². The maximum Gasteiger partial charge on any atom is 0.137 e. The van der Waals surface area contributed by atoms with Gasteiger partial charge in [-0.2, -0.15) is 0 Å². The summed E-state index contributed by atoms with van der Waals surface area (Å²) >= 11 is 1.67. The van der Waals surface area contributed by atoms with Crippen LogP contribution in [-0.2, 0) is 6.42 Å². The van der Waals surface area contributed by atoms with Crippen LogP contribution in [0.1, 0.15) is 60.9 Å². The predicted molar refractivity (Wildman–Crippen MR) is 89.3 cm³/mol. The third-order valence-electron chi connectivity index (χ3n) is 3.28. The topological polar surface area (TPSA) is 50.7 Å². The quantitative estimate of drug-likeness (QED) is 0.873. The minimum atomic E-state index is 0.417. The van der Waals surface area contributed by atoms with E-state index in [2.05, 4.69) is 48.4 Å². The van der Waals surface area contributed by atoms with Gasteiger partial charge in [-0.1, -0.05) is 20.8 Å². The highest BCUT2D eigenvalue weighted by atomic mass is 32.1. The molecule has 0 atom stereocenters. The van der Waals surface area contributed by atoms with Crippen LogP contribution in [0.15, 0.2) is 5.38 Å². The Morgan fingerprint density at radius 1 is 1.19 bits per heavy atom. The summed E-state index contributed by atoms with van der Waals surface area (Å²) in [6, 6.07) is 0. The van der Waals surface area contributed by atoms with Crippen molar-refractivity contribution in [2.24, 2.45) is 0 Å². The highest BCUT2D eigenvalue weighted by Crippen LogP contribution is 2.26. The number of aryl methyl sites for hydroxylation is 2. The average molecular weight is 304 g/mol. The van der Waals surface area contributed by atoms with Gasteiger partial charge in [0.25, 0.3) is 0 Å². The van der Waals surface area contributed by atoms with Crippen LogP contribution in [0.5, 0.6) is 0 Å². The van der Waals surface area contributed by atoms with E-state index in [4.69, 9.17) is 4.98 Å². The molecule has 0 amide bonds. The first kappa shape index (κ1) is 15.9. The zero-order valence-electron chi connectivity index (χ0n) is 13.5. The molecule has 0 aliphatic rings. The van der Waals surface area contributed by atoms with Gasteiger partial charge in [0.15, 0.2) is 0 Å². The standard InChI is InChI=1S/C16H24N4S/c1-6-7-17-16-15(10(2)3)12(5)19-13(20-16)8-14-18-11(4)9-21-14/h9-10H,6-8H2,1-5H3,(H,17,19,20). The van der Waals surface area contributed by atoms with Gasteiger partial charge in [-0.3, -0.25) is 0 Å². The van der Waals surface area contributed by atoms with Crippen molar-refractivity contribution in [2.75, 3.05) is 11.9 Å². The van der Waals surface area contributed by atoms with E-state index in [1.165, 1.54) is 5.56 Å². The smallest absolute Gasteiger partial charge is 0.137 e. The van der Waals surface area contributed by atoms with Gasteiger partial charge >= 0.3 is 0 Å². The Hall–Kier alpha value is -1.49. The number of hydrogen-bond acceptors (Lipinski definition) is 5. The van der Waals surface area contributed by atoms with Gasteiger partial charge in [0.1, 0.15) is 16.6 Å². The molecule has 2 rings (SSSR count). The fraction of sp³-hybridized carbons (Fsp3) is 0.562. The first-order valence-corrected chi connectivity index (χ1v) is 8.41. The van der Waals surface area contributed by atoms with E-state index >= 15 is 0 Å². The van der Waals surface area contributed by atoms with Gasteiger partial charge in [-0.05, 0) is 26.2 Å². The Labute approximate surface area is 131 Å². The number of aromatic nitrogens is 3. The number of nitrogens with zero attached hydrogens (tertiary/aromatic N) is 3. The molecule has 4 nitrogen and oxygen atoms in total. The Bertz CT molecular complexity index is 604. The van der Waals surface area contributed by atoms with Crippen molar-refractivity contribution in [1.82, 2.24) is 15.0 Å². The van der Waals surface area contributed by atoms with Gasteiger partial charge in [0.2, 0.25) is 0 Å². The summed E-state index contributed by atoms with van der Waals surface area (Å²) in [6.07, 6.45) is 1.79. The highest BCUT2D eigenvalue weighted by Gasteiger charge is 2.15. The Morgan fingerprint density at radius 2 is 1.95 bits per heavy atom. The molecule has 0 bridgehead atoms. The fourth-order valence-corrected chi connectivity index (χ4v) is 3.18. The molecule has 0 fully saturated rings. The molecule has 21 heavy (non-hydrogen) atoms. The van der Waals surface area contributed by atoms with Crippen LogP contribution < -0.4 is 5.32 Å². The number of thiazole rings is 1. The third-order valence-corrected chi connectivity index (χ3v) is 4.24. The van der Waals surface area contributed by atoms with Crippen molar-refractivity contribution in [2.45, 2.75) is 53.4 Å². The summed E-state index contributed by atoms with van der Waals surface area (Å²) < 4.78 is 0. The molecule has 2 heterocycles. The first-order valence-electron chi connectivity index (χ1n) is 7.53. The van der Waals surface area contributed by atoms with Crippen LogP contribution in [0.25, 0.3) is 0 Å². The molecule has 2 aromatic rings. The molecule has 0 unspecified atom stereocenters. The molecule has 0 spiro atoms. The molecule has 5 heteroatoms. The van der Waals surface area contributed by atoms with Crippen molar-refractivity contribution in [3.8, 4) is 0 Å². The largest absolute Gasteiger partial charge is 0.370 e. The maximum absolute atomic E-state index is 4.74. The number of hydrogen-bond donors (Lipinski definition) is 1. The van der Waals surface area contributed by atoms with Gasteiger partial charge in [0.05, 0.1) is 6.42 Å². The lowest BCUT2D eigenvalue weighted by molar-refractivity contribution is 0.806. The van der Waals surface area contributed by atoms with Crippen LogP contribution in [-0.4, -0.2) is 21.5 Å². The van der Waals surface area contributed by atoms with Crippen molar-refractivity contribution in [3.63, 3.8) is 0 Å². The van der Waals surface area contributed by atoms with E-state index in [1.54, 1.807) is 11.3 Å². The molecule has 0 aliphatic heterocycles. The zero-order valence-corrected chi connectivity index (χ0v) is 14.3. The van der Waals surface area contributed by atoms with Gasteiger partial charge in [-0.15, -0.1) is 11.3 Å². The molecular weight excluding hydrogens is 280 g/mol. The van der Waals surface area contributed by atoms with E-state index in [-0.39, 0.29) is 0 Å². The second kappa shape index (κ2) is 6.98. The maximum atomic E-state index is 4.74. The summed E-state index contributed by atoms with van der Waals surface area (Å²) in [4.78, 5) is 13.9. The Morgan fingerprint density at radius 3 is 2.52 bits per heavy atom. The summed E-state index contributed by atoms with van der Waals surface area (Å²) in [6.45, 7) is 11.6. The second-order valence-electron chi connectivity index (χ2n) is 5.63. The van der Waals surface area contributed by atoms with Gasteiger partial charge in [0, 0.05) is 28.9 Å². The highest BCUT2D eigenvalue weighted by molar-refractivity contribution is 7.09. The van der Waals surface area contributed by atoms with E-state index in [1.807, 2.05) is 6.92 Å². The van der Waals surface area contributed by atoms with Crippen molar-refractivity contribution < 1.29 is 0 Å². The van der Waals surface area contributed by atoms with Gasteiger partial charge < -0.3 is 5.32 Å². The zero-order chi connectivity index (χ0) is 15.4. The van der Waals surface area contributed by atoms with Crippen LogP contribution in [0.2, 0.25) is 0 Å². The number of rotatable bonds is 6. The predicted octanol–water partition coefficient (Wildman–Crippen LogP) is 4.09. The van der Waals surface area contributed by atoms with Crippen molar-refractivity contribution >= 4 is 17.2 Å². The van der Waals surface area contributed by atoms with Gasteiger partial charge in [-0.25, -0.2) is 15.0 Å². The minimum Gasteiger partial charge on any atom is -0.370 e. The third kappa shape index (κ3) is 4.00. The molecule has 0 aromatic carbocycles. The lowest BCUT2D eigenvalue weighted by Gasteiger charge is -2.16. The molecule has 0 saturated carbocycles. The van der Waals surface area contributed by atoms with E-state index in [9.17, 15) is 0 Å². The number of anilines is 1. The van der Waals surface area contributed by atoms with E-state index in [0.717, 1.165) is 41.0 Å². The van der Waals surface area contributed by atoms with E-state index < -0.39 is 0 Å². The van der Waals surface area contributed by atoms with Crippen LogP contribution >= 0.6 is 11.3 Å². The molecule has 0 radical (unpaired) electrons. The Kier molecular flexibility index (Phi) is 5.28. The second-order valence-corrected chi connectivity index (χ2v) is 6.57. The molecule has 114 valence electrons. The lowest BCUT2D eigenvalue weighted by Crippen LogP contribution is -2.12. The lowest BCUT2D eigenvalue weighted by atomic mass is 10.0. The summed E-state index contributed by atoms with van der Waals surface area (Å²) in [5.74, 6) is 2.26. The minimum absolute atomic E-state index is 0.417. The normalized spacial score (nSPS) is 11.1. The molecule has 1 N–H and O–H groups in total. The Balaban J connectivity index is 2.32. The summed E-state index contributed by atoms with van der Waals surface area (Å²) in [5.41, 5.74) is 3.36. The van der Waals surface area contributed by atoms with Crippen molar-refractivity contribution in [1.29, 1.82) is 0 Å². The monoisotopic (exact) mass is 304 g/mol. The average Bonchev–Trinajstić information content (AvgIpc) is 2.80. The SMILES string of the molecule is CCCNc1nc(Cc2nc(C)cs2)nc(C)c1C(C)C. The van der Waals surface area contributed by atoms with Crippen molar-refractivity contribution in [3.05, 3.63) is 33.2 Å². The van der Waals surface area contributed by atoms with Crippen LogP contribution in [0.3, 0.4) is 0 Å². The molecular formula is C16H24N4S.